The molecule has 0 radical (unpaired) electrons. The van der Waals surface area contributed by atoms with Gasteiger partial charge in [-0.25, -0.2) is 4.98 Å². The quantitative estimate of drug-likeness (QED) is 0.764. The van der Waals surface area contributed by atoms with Crippen molar-refractivity contribution < 1.29 is 9.53 Å². The molecule has 124 valence electrons. The Morgan fingerprint density at radius 1 is 1.33 bits per heavy atom. The molecule has 0 unspecified atom stereocenters. The van der Waals surface area contributed by atoms with Crippen LogP contribution >= 0.6 is 11.3 Å². The van der Waals surface area contributed by atoms with Crippen LogP contribution in [-0.4, -0.2) is 42.2 Å². The van der Waals surface area contributed by atoms with Gasteiger partial charge in [0, 0.05) is 35.7 Å². The SMILES string of the molecule is O=C(NCc1csc(N2CCOCC2)n1)c1ccc2cc[nH]c2c1. The van der Waals surface area contributed by atoms with E-state index in [-0.39, 0.29) is 5.91 Å². The Kier molecular flexibility index (Phi) is 4.18. The molecule has 0 spiro atoms. The van der Waals surface area contributed by atoms with Crippen LogP contribution in [0.1, 0.15) is 16.1 Å². The van der Waals surface area contributed by atoms with Gasteiger partial charge in [0.1, 0.15) is 0 Å². The van der Waals surface area contributed by atoms with E-state index >= 15 is 0 Å². The fourth-order valence-corrected chi connectivity index (χ4v) is 3.62. The van der Waals surface area contributed by atoms with Gasteiger partial charge in [0.25, 0.3) is 5.91 Å². The monoisotopic (exact) mass is 342 g/mol. The summed E-state index contributed by atoms with van der Waals surface area (Å²) in [5, 5.41) is 7.03. The minimum absolute atomic E-state index is 0.0903. The molecular formula is C17H18N4O2S. The number of nitrogens with zero attached hydrogens (tertiary/aromatic N) is 2. The predicted molar refractivity (Wildman–Crippen MR) is 94.6 cm³/mol. The molecule has 2 aromatic heterocycles. The topological polar surface area (TPSA) is 70.2 Å². The summed E-state index contributed by atoms with van der Waals surface area (Å²) in [6, 6.07) is 7.64. The van der Waals surface area contributed by atoms with Crippen molar-refractivity contribution in [1.82, 2.24) is 15.3 Å². The van der Waals surface area contributed by atoms with Crippen LogP contribution in [0.4, 0.5) is 5.13 Å². The highest BCUT2D eigenvalue weighted by Gasteiger charge is 2.15. The molecule has 1 aliphatic rings. The van der Waals surface area contributed by atoms with Crippen molar-refractivity contribution in [3.05, 3.63) is 47.1 Å². The molecule has 2 N–H and O–H groups in total. The zero-order valence-electron chi connectivity index (χ0n) is 13.1. The average Bonchev–Trinajstić information content (AvgIpc) is 3.29. The lowest BCUT2D eigenvalue weighted by Gasteiger charge is -2.26. The molecule has 1 saturated heterocycles. The standard InChI is InChI=1S/C17H18N4O2S/c22-16(13-2-1-12-3-4-18-15(12)9-13)19-10-14-11-24-17(20-14)21-5-7-23-8-6-21/h1-4,9,11,18H,5-8,10H2,(H,19,22). The smallest absolute Gasteiger partial charge is 0.251 e. The molecule has 4 rings (SSSR count). The number of carbonyl (C=O) groups is 1. The van der Waals surface area contributed by atoms with E-state index in [0.29, 0.717) is 12.1 Å². The van der Waals surface area contributed by atoms with E-state index in [9.17, 15) is 4.79 Å². The highest BCUT2D eigenvalue weighted by atomic mass is 32.1. The Bertz CT molecular complexity index is 851. The molecule has 7 heteroatoms. The third kappa shape index (κ3) is 3.13. The normalized spacial score (nSPS) is 14.9. The molecule has 3 aromatic rings. The summed E-state index contributed by atoms with van der Waals surface area (Å²) in [4.78, 5) is 22.3. The predicted octanol–water partition coefficient (Wildman–Crippen LogP) is 2.39. The fourth-order valence-electron chi connectivity index (χ4n) is 2.74. The summed E-state index contributed by atoms with van der Waals surface area (Å²) >= 11 is 1.61. The number of anilines is 1. The number of aromatic nitrogens is 2. The molecule has 1 aliphatic heterocycles. The van der Waals surface area contributed by atoms with Crippen molar-refractivity contribution in [2.75, 3.05) is 31.2 Å². The van der Waals surface area contributed by atoms with Crippen molar-refractivity contribution in [2.24, 2.45) is 0 Å². The Hall–Kier alpha value is -2.38. The van der Waals surface area contributed by atoms with E-state index < -0.39 is 0 Å². The van der Waals surface area contributed by atoms with Crippen LogP contribution in [0.15, 0.2) is 35.8 Å². The zero-order valence-corrected chi connectivity index (χ0v) is 13.9. The van der Waals surface area contributed by atoms with Gasteiger partial charge in [-0.1, -0.05) is 6.07 Å². The van der Waals surface area contributed by atoms with E-state index in [1.165, 1.54) is 0 Å². The van der Waals surface area contributed by atoms with Gasteiger partial charge in [0.15, 0.2) is 5.13 Å². The van der Waals surface area contributed by atoms with Gasteiger partial charge in [-0.3, -0.25) is 4.79 Å². The van der Waals surface area contributed by atoms with Crippen molar-refractivity contribution in [2.45, 2.75) is 6.54 Å². The Morgan fingerprint density at radius 3 is 3.08 bits per heavy atom. The number of carbonyl (C=O) groups excluding carboxylic acids is 1. The summed E-state index contributed by atoms with van der Waals surface area (Å²) < 4.78 is 5.36. The molecule has 1 aromatic carbocycles. The average molecular weight is 342 g/mol. The van der Waals surface area contributed by atoms with Crippen LogP contribution in [0.2, 0.25) is 0 Å². The van der Waals surface area contributed by atoms with Crippen LogP contribution in [-0.2, 0) is 11.3 Å². The summed E-state index contributed by atoms with van der Waals surface area (Å²) in [7, 11) is 0. The summed E-state index contributed by atoms with van der Waals surface area (Å²) in [6.07, 6.45) is 1.87. The van der Waals surface area contributed by atoms with Gasteiger partial charge in [0.05, 0.1) is 25.5 Å². The van der Waals surface area contributed by atoms with Crippen molar-refractivity contribution in [3.8, 4) is 0 Å². The van der Waals surface area contributed by atoms with E-state index in [0.717, 1.165) is 48.0 Å². The minimum atomic E-state index is -0.0903. The van der Waals surface area contributed by atoms with Crippen molar-refractivity contribution in [1.29, 1.82) is 0 Å². The number of ether oxygens (including phenoxy) is 1. The lowest BCUT2D eigenvalue weighted by molar-refractivity contribution is 0.0950. The third-order valence-electron chi connectivity index (χ3n) is 4.07. The van der Waals surface area contributed by atoms with E-state index in [4.69, 9.17) is 4.74 Å². The van der Waals surface area contributed by atoms with Crippen LogP contribution in [0.25, 0.3) is 10.9 Å². The number of nitrogens with one attached hydrogen (secondary N) is 2. The summed E-state index contributed by atoms with van der Waals surface area (Å²) in [5.74, 6) is -0.0903. The number of H-pyrrole nitrogens is 1. The maximum absolute atomic E-state index is 12.3. The van der Waals surface area contributed by atoms with Gasteiger partial charge in [-0.15, -0.1) is 11.3 Å². The van der Waals surface area contributed by atoms with Gasteiger partial charge < -0.3 is 19.9 Å². The highest BCUT2D eigenvalue weighted by molar-refractivity contribution is 7.13. The molecule has 0 saturated carbocycles. The number of aromatic amines is 1. The first-order chi connectivity index (χ1) is 11.8. The second kappa shape index (κ2) is 6.62. The molecule has 0 bridgehead atoms. The number of thiazole rings is 1. The molecule has 1 fully saturated rings. The van der Waals surface area contributed by atoms with Crippen molar-refractivity contribution >= 4 is 33.3 Å². The van der Waals surface area contributed by atoms with E-state index in [1.54, 1.807) is 11.3 Å². The molecule has 0 atom stereocenters. The molecular weight excluding hydrogens is 324 g/mol. The Balaban J connectivity index is 1.39. The maximum Gasteiger partial charge on any atom is 0.251 e. The largest absolute Gasteiger partial charge is 0.378 e. The molecule has 6 nitrogen and oxygen atoms in total. The molecule has 24 heavy (non-hydrogen) atoms. The molecule has 1 amide bonds. The Morgan fingerprint density at radius 2 is 2.21 bits per heavy atom. The van der Waals surface area contributed by atoms with E-state index in [2.05, 4.69) is 20.2 Å². The lowest BCUT2D eigenvalue weighted by Crippen LogP contribution is -2.36. The highest BCUT2D eigenvalue weighted by Crippen LogP contribution is 2.21. The minimum Gasteiger partial charge on any atom is -0.378 e. The first-order valence-electron chi connectivity index (χ1n) is 7.92. The van der Waals surface area contributed by atoms with Crippen LogP contribution in [0.5, 0.6) is 0 Å². The number of rotatable bonds is 4. The van der Waals surface area contributed by atoms with Crippen molar-refractivity contribution in [3.63, 3.8) is 0 Å². The number of fused-ring (bicyclic) bond motifs is 1. The fraction of sp³-hybridized carbons (Fsp3) is 0.294. The Labute approximate surface area is 143 Å². The number of benzene rings is 1. The number of hydrogen-bond acceptors (Lipinski definition) is 5. The molecule has 3 heterocycles. The van der Waals surface area contributed by atoms with Gasteiger partial charge in [-0.05, 0) is 23.6 Å². The van der Waals surface area contributed by atoms with Gasteiger partial charge >= 0.3 is 0 Å². The summed E-state index contributed by atoms with van der Waals surface area (Å²) in [5.41, 5.74) is 2.50. The maximum atomic E-state index is 12.3. The van der Waals surface area contributed by atoms with Gasteiger partial charge in [-0.2, -0.15) is 0 Å². The van der Waals surface area contributed by atoms with Gasteiger partial charge in [0.2, 0.25) is 0 Å². The molecule has 0 aliphatic carbocycles. The van der Waals surface area contributed by atoms with E-state index in [1.807, 2.05) is 35.8 Å². The van der Waals surface area contributed by atoms with Crippen LogP contribution < -0.4 is 10.2 Å². The second-order valence-corrected chi connectivity index (χ2v) is 6.52. The first-order valence-corrected chi connectivity index (χ1v) is 8.80. The lowest BCUT2D eigenvalue weighted by atomic mass is 10.1. The second-order valence-electron chi connectivity index (χ2n) is 5.68. The van der Waals surface area contributed by atoms with Crippen LogP contribution in [0, 0.1) is 0 Å². The third-order valence-corrected chi connectivity index (χ3v) is 5.02. The number of morpholine rings is 1. The number of amides is 1. The number of hydrogen-bond donors (Lipinski definition) is 2. The zero-order chi connectivity index (χ0) is 16.4. The summed E-state index contributed by atoms with van der Waals surface area (Å²) in [6.45, 7) is 3.66. The van der Waals surface area contributed by atoms with Crippen LogP contribution in [0.3, 0.4) is 0 Å². The first kappa shape index (κ1) is 15.2.